The predicted octanol–water partition coefficient (Wildman–Crippen LogP) is 3.44. The summed E-state index contributed by atoms with van der Waals surface area (Å²) in [5.74, 6) is 0.637. The summed E-state index contributed by atoms with van der Waals surface area (Å²) in [5.41, 5.74) is 2.54. The fourth-order valence-electron chi connectivity index (χ4n) is 3.04. The van der Waals surface area contributed by atoms with Gasteiger partial charge < -0.3 is 10.8 Å². The van der Waals surface area contributed by atoms with E-state index in [4.69, 9.17) is 0 Å². The number of hydrogen-bond acceptors (Lipinski definition) is 6. The Balaban J connectivity index is 0.00000272. The van der Waals surface area contributed by atoms with Crippen LogP contribution in [-0.4, -0.2) is 36.1 Å². The SMILES string of the molecule is Cc1nc(NCc2ccc(-c3ccccc3)c(-c3nnn[nH]3)c2)cc(C(F)(F)F)n1.O. The smallest absolute Gasteiger partial charge is 0.412 e. The van der Waals surface area contributed by atoms with Crippen LogP contribution in [0.15, 0.2) is 54.6 Å². The van der Waals surface area contributed by atoms with Crippen LogP contribution in [0.1, 0.15) is 17.1 Å². The lowest BCUT2D eigenvalue weighted by Crippen LogP contribution is -2.12. The van der Waals surface area contributed by atoms with Gasteiger partial charge in [-0.05, 0) is 40.1 Å². The van der Waals surface area contributed by atoms with Crippen LogP contribution in [0, 0.1) is 6.92 Å². The first-order chi connectivity index (χ1) is 14.4. The average Bonchev–Trinajstić information content (AvgIpc) is 3.26. The lowest BCUT2D eigenvalue weighted by molar-refractivity contribution is -0.141. The van der Waals surface area contributed by atoms with E-state index in [1.165, 1.54) is 6.92 Å². The third-order valence-electron chi connectivity index (χ3n) is 4.37. The number of aromatic amines is 1. The van der Waals surface area contributed by atoms with Gasteiger partial charge in [-0.3, -0.25) is 0 Å². The van der Waals surface area contributed by atoms with Crippen molar-refractivity contribution in [3.63, 3.8) is 0 Å². The van der Waals surface area contributed by atoms with Crippen molar-refractivity contribution in [3.05, 3.63) is 71.7 Å². The fourth-order valence-corrected chi connectivity index (χ4v) is 3.04. The molecule has 31 heavy (non-hydrogen) atoms. The van der Waals surface area contributed by atoms with E-state index in [9.17, 15) is 13.2 Å². The van der Waals surface area contributed by atoms with E-state index >= 15 is 0 Å². The second kappa shape index (κ2) is 8.88. The average molecular weight is 429 g/mol. The zero-order chi connectivity index (χ0) is 21.1. The number of alkyl halides is 3. The number of nitrogens with one attached hydrogen (secondary N) is 2. The van der Waals surface area contributed by atoms with Crippen LogP contribution < -0.4 is 5.32 Å². The molecule has 0 amide bonds. The van der Waals surface area contributed by atoms with Gasteiger partial charge in [0.05, 0.1) is 0 Å². The minimum absolute atomic E-state index is 0. The van der Waals surface area contributed by atoms with Gasteiger partial charge in [0, 0.05) is 18.2 Å². The molecular weight excluding hydrogens is 411 g/mol. The number of anilines is 1. The van der Waals surface area contributed by atoms with E-state index in [0.29, 0.717) is 5.82 Å². The molecular formula is C20H18F3N7O. The highest BCUT2D eigenvalue weighted by Gasteiger charge is 2.33. The van der Waals surface area contributed by atoms with Gasteiger partial charge in [0.2, 0.25) is 0 Å². The number of hydrogen-bond donors (Lipinski definition) is 2. The molecule has 0 radical (unpaired) electrons. The number of nitrogens with zero attached hydrogens (tertiary/aromatic N) is 5. The Hall–Kier alpha value is -3.86. The molecule has 0 saturated carbocycles. The van der Waals surface area contributed by atoms with Crippen molar-refractivity contribution in [1.82, 2.24) is 30.6 Å². The second-order valence-corrected chi connectivity index (χ2v) is 6.53. The molecule has 2 aromatic carbocycles. The van der Waals surface area contributed by atoms with Gasteiger partial charge in [0.1, 0.15) is 17.3 Å². The largest absolute Gasteiger partial charge is 0.433 e. The lowest BCUT2D eigenvalue weighted by atomic mass is 9.97. The van der Waals surface area contributed by atoms with Crippen molar-refractivity contribution in [2.24, 2.45) is 0 Å². The molecule has 0 saturated heterocycles. The van der Waals surface area contributed by atoms with E-state index in [-0.39, 0.29) is 23.7 Å². The third-order valence-corrected chi connectivity index (χ3v) is 4.37. The van der Waals surface area contributed by atoms with Crippen LogP contribution in [0.2, 0.25) is 0 Å². The number of aromatic nitrogens is 6. The summed E-state index contributed by atoms with van der Waals surface area (Å²) in [6, 6.07) is 16.3. The van der Waals surface area contributed by atoms with Crippen LogP contribution in [0.25, 0.3) is 22.5 Å². The molecule has 0 aliphatic heterocycles. The minimum Gasteiger partial charge on any atom is -0.412 e. The molecule has 0 spiro atoms. The molecule has 2 aromatic heterocycles. The molecule has 4 N–H and O–H groups in total. The third kappa shape index (κ3) is 5.01. The molecule has 8 nitrogen and oxygen atoms in total. The molecule has 0 fully saturated rings. The maximum absolute atomic E-state index is 13.0. The van der Waals surface area contributed by atoms with Crippen LogP contribution >= 0.6 is 0 Å². The number of rotatable bonds is 5. The van der Waals surface area contributed by atoms with Gasteiger partial charge >= 0.3 is 6.18 Å². The number of aryl methyl sites for hydroxylation is 1. The monoisotopic (exact) mass is 429 g/mol. The molecule has 0 unspecified atom stereocenters. The molecule has 11 heteroatoms. The van der Waals surface area contributed by atoms with Crippen LogP contribution in [-0.2, 0) is 12.7 Å². The van der Waals surface area contributed by atoms with Crippen LogP contribution in [0.4, 0.5) is 19.0 Å². The molecule has 160 valence electrons. The number of H-pyrrole nitrogens is 1. The Morgan fingerprint density at radius 3 is 2.42 bits per heavy atom. The van der Waals surface area contributed by atoms with Crippen LogP contribution in [0.3, 0.4) is 0 Å². The van der Waals surface area contributed by atoms with E-state index < -0.39 is 11.9 Å². The number of halogens is 3. The van der Waals surface area contributed by atoms with Gasteiger partial charge in [-0.15, -0.1) is 5.10 Å². The summed E-state index contributed by atoms with van der Waals surface area (Å²) in [7, 11) is 0. The summed E-state index contributed by atoms with van der Waals surface area (Å²) >= 11 is 0. The highest BCUT2D eigenvalue weighted by molar-refractivity contribution is 5.80. The van der Waals surface area contributed by atoms with Gasteiger partial charge in [-0.2, -0.15) is 13.2 Å². The maximum atomic E-state index is 13.0. The van der Waals surface area contributed by atoms with Crippen molar-refractivity contribution >= 4 is 5.82 Å². The molecule has 4 rings (SSSR count). The topological polar surface area (TPSA) is 124 Å². The van der Waals surface area contributed by atoms with Crippen molar-refractivity contribution < 1.29 is 18.6 Å². The molecule has 0 aliphatic carbocycles. The van der Waals surface area contributed by atoms with Crippen LogP contribution in [0.5, 0.6) is 0 Å². The molecule has 0 bridgehead atoms. The standard InChI is InChI=1S/C20H16F3N7.H2O/c1-12-25-17(20(21,22)23)10-18(26-12)24-11-13-7-8-15(14-5-3-2-4-6-14)16(9-13)19-27-29-30-28-19;/h2-10H,11H2,1H3,(H,24,25,26)(H,27,28,29,30);1H2. The van der Waals surface area contributed by atoms with E-state index in [1.54, 1.807) is 0 Å². The first kappa shape index (κ1) is 21.8. The zero-order valence-electron chi connectivity index (χ0n) is 16.3. The van der Waals surface area contributed by atoms with E-state index in [1.807, 2.05) is 48.5 Å². The van der Waals surface area contributed by atoms with Crippen molar-refractivity contribution in [2.45, 2.75) is 19.6 Å². The highest BCUT2D eigenvalue weighted by atomic mass is 19.4. The normalized spacial score (nSPS) is 11.1. The fraction of sp³-hybridized carbons (Fsp3) is 0.150. The Morgan fingerprint density at radius 1 is 0.968 bits per heavy atom. The Kier molecular flexibility index (Phi) is 6.25. The first-order valence-electron chi connectivity index (χ1n) is 8.99. The molecule has 0 atom stereocenters. The Morgan fingerprint density at radius 2 is 1.74 bits per heavy atom. The molecule has 2 heterocycles. The maximum Gasteiger partial charge on any atom is 0.433 e. The summed E-state index contributed by atoms with van der Waals surface area (Å²) in [6.07, 6.45) is -4.53. The lowest BCUT2D eigenvalue weighted by Gasteiger charge is -2.13. The Labute approximate surface area is 174 Å². The van der Waals surface area contributed by atoms with Gasteiger partial charge in [0.15, 0.2) is 5.82 Å². The summed E-state index contributed by atoms with van der Waals surface area (Å²) in [4.78, 5) is 7.49. The highest BCUT2D eigenvalue weighted by Crippen LogP contribution is 2.31. The number of tetrazole rings is 1. The van der Waals surface area contributed by atoms with Gasteiger partial charge in [-0.1, -0.05) is 42.5 Å². The van der Waals surface area contributed by atoms with Gasteiger partial charge in [0.25, 0.3) is 0 Å². The Bertz CT molecular complexity index is 1150. The molecule has 4 aromatic rings. The van der Waals surface area contributed by atoms with Crippen molar-refractivity contribution in [1.29, 1.82) is 0 Å². The van der Waals surface area contributed by atoms with E-state index in [0.717, 1.165) is 28.3 Å². The minimum atomic E-state index is -4.53. The van der Waals surface area contributed by atoms with E-state index in [2.05, 4.69) is 35.9 Å². The summed E-state index contributed by atoms with van der Waals surface area (Å²) < 4.78 is 39.0. The summed E-state index contributed by atoms with van der Waals surface area (Å²) in [5, 5.41) is 17.0. The zero-order valence-corrected chi connectivity index (χ0v) is 16.3. The second-order valence-electron chi connectivity index (χ2n) is 6.53. The molecule has 0 aliphatic rings. The van der Waals surface area contributed by atoms with Crippen molar-refractivity contribution in [2.75, 3.05) is 5.32 Å². The quantitative estimate of drug-likeness (QED) is 0.501. The summed E-state index contributed by atoms with van der Waals surface area (Å²) in [6.45, 7) is 1.68. The first-order valence-corrected chi connectivity index (χ1v) is 8.99. The van der Waals surface area contributed by atoms with Crippen molar-refractivity contribution in [3.8, 4) is 22.5 Å². The van der Waals surface area contributed by atoms with Gasteiger partial charge in [-0.25, -0.2) is 15.1 Å². The predicted molar refractivity (Wildman–Crippen MR) is 108 cm³/mol. The number of benzene rings is 2.